The predicted octanol–water partition coefficient (Wildman–Crippen LogP) is 2.28. The number of aromatic hydroxyl groups is 1. The smallest absolute Gasteiger partial charge is 0.217 e. The summed E-state index contributed by atoms with van der Waals surface area (Å²) in [5.41, 5.74) is 1.78. The monoisotopic (exact) mass is 188 g/mol. The van der Waals surface area contributed by atoms with Gasteiger partial charge in [0.1, 0.15) is 0 Å². The van der Waals surface area contributed by atoms with Crippen molar-refractivity contribution in [3.63, 3.8) is 0 Å². The van der Waals surface area contributed by atoms with E-state index >= 15 is 0 Å². The van der Waals surface area contributed by atoms with E-state index in [1.165, 1.54) is 0 Å². The Balaban J connectivity index is 2.48. The third kappa shape index (κ3) is 1.37. The molecule has 0 radical (unpaired) electrons. The van der Waals surface area contributed by atoms with Crippen LogP contribution in [0.4, 0.5) is 0 Å². The van der Waals surface area contributed by atoms with Crippen LogP contribution in [-0.2, 0) is 6.54 Å². The minimum Gasteiger partial charge on any atom is -0.493 e. The Kier molecular flexibility index (Phi) is 2.23. The SMILES string of the molecule is CCn1ncc(-c2ccccc2)c1O. The van der Waals surface area contributed by atoms with Crippen LogP contribution in [0.25, 0.3) is 11.1 Å². The first-order chi connectivity index (χ1) is 6.83. The Bertz CT molecular complexity index is 420. The summed E-state index contributed by atoms with van der Waals surface area (Å²) in [7, 11) is 0. The van der Waals surface area contributed by atoms with Gasteiger partial charge in [-0.15, -0.1) is 0 Å². The molecule has 1 aromatic carbocycles. The quantitative estimate of drug-likeness (QED) is 0.785. The molecule has 72 valence electrons. The third-order valence-corrected chi connectivity index (χ3v) is 2.20. The van der Waals surface area contributed by atoms with Crippen LogP contribution >= 0.6 is 0 Å². The number of aromatic nitrogens is 2. The van der Waals surface area contributed by atoms with Gasteiger partial charge >= 0.3 is 0 Å². The number of rotatable bonds is 2. The van der Waals surface area contributed by atoms with Gasteiger partial charge in [0, 0.05) is 6.54 Å². The highest BCUT2D eigenvalue weighted by Gasteiger charge is 2.08. The lowest BCUT2D eigenvalue weighted by molar-refractivity contribution is 0.406. The second kappa shape index (κ2) is 3.54. The summed E-state index contributed by atoms with van der Waals surface area (Å²) < 4.78 is 1.57. The van der Waals surface area contributed by atoms with Gasteiger partial charge < -0.3 is 5.11 Å². The molecule has 3 heteroatoms. The van der Waals surface area contributed by atoms with Crippen LogP contribution < -0.4 is 0 Å². The zero-order valence-corrected chi connectivity index (χ0v) is 8.01. The number of aryl methyl sites for hydroxylation is 1. The molecule has 3 nitrogen and oxygen atoms in total. The minimum atomic E-state index is 0.235. The Labute approximate surface area is 82.6 Å². The van der Waals surface area contributed by atoms with Crippen molar-refractivity contribution < 1.29 is 5.11 Å². The molecule has 1 aromatic heterocycles. The molecule has 1 N–H and O–H groups in total. The molecule has 0 aliphatic carbocycles. The number of hydrogen-bond donors (Lipinski definition) is 1. The molecule has 14 heavy (non-hydrogen) atoms. The molecule has 0 fully saturated rings. The van der Waals surface area contributed by atoms with E-state index in [-0.39, 0.29) is 5.88 Å². The van der Waals surface area contributed by atoms with E-state index in [9.17, 15) is 5.11 Å². The molecule has 2 aromatic rings. The highest BCUT2D eigenvalue weighted by molar-refractivity contribution is 5.67. The fraction of sp³-hybridized carbons (Fsp3) is 0.182. The van der Waals surface area contributed by atoms with Gasteiger partial charge in [-0.1, -0.05) is 30.3 Å². The van der Waals surface area contributed by atoms with Crippen LogP contribution in [0.5, 0.6) is 5.88 Å². The fourth-order valence-electron chi connectivity index (χ4n) is 1.43. The Morgan fingerprint density at radius 2 is 2.00 bits per heavy atom. The molecule has 0 spiro atoms. The molecule has 0 unspecified atom stereocenters. The number of hydrogen-bond acceptors (Lipinski definition) is 2. The summed E-state index contributed by atoms with van der Waals surface area (Å²) in [4.78, 5) is 0. The third-order valence-electron chi connectivity index (χ3n) is 2.20. The number of benzene rings is 1. The molecule has 0 amide bonds. The average molecular weight is 188 g/mol. The molecule has 0 atom stereocenters. The maximum Gasteiger partial charge on any atom is 0.217 e. The van der Waals surface area contributed by atoms with Crippen molar-refractivity contribution >= 4 is 0 Å². The van der Waals surface area contributed by atoms with E-state index in [1.54, 1.807) is 10.9 Å². The zero-order valence-electron chi connectivity index (χ0n) is 8.01. The van der Waals surface area contributed by atoms with Crippen LogP contribution in [-0.4, -0.2) is 14.9 Å². The standard InChI is InChI=1S/C11H12N2O/c1-2-13-11(14)10(8-12-13)9-6-4-3-5-7-9/h3-8,14H,2H2,1H3. The van der Waals surface area contributed by atoms with E-state index in [0.29, 0.717) is 6.54 Å². The predicted molar refractivity (Wildman–Crippen MR) is 55.0 cm³/mol. The van der Waals surface area contributed by atoms with E-state index in [4.69, 9.17) is 0 Å². The van der Waals surface area contributed by atoms with E-state index in [0.717, 1.165) is 11.1 Å². The molecule has 0 saturated carbocycles. The first-order valence-electron chi connectivity index (χ1n) is 4.63. The molecule has 0 bridgehead atoms. The van der Waals surface area contributed by atoms with Gasteiger partial charge in [0.05, 0.1) is 11.8 Å². The van der Waals surface area contributed by atoms with Gasteiger partial charge in [-0.25, -0.2) is 4.68 Å². The molecule has 1 heterocycles. The lowest BCUT2D eigenvalue weighted by Gasteiger charge is -2.00. The van der Waals surface area contributed by atoms with Crippen LogP contribution in [0, 0.1) is 0 Å². The Morgan fingerprint density at radius 3 is 2.57 bits per heavy atom. The van der Waals surface area contributed by atoms with Crippen LogP contribution in [0.3, 0.4) is 0 Å². The fourth-order valence-corrected chi connectivity index (χ4v) is 1.43. The first-order valence-corrected chi connectivity index (χ1v) is 4.63. The van der Waals surface area contributed by atoms with Crippen molar-refractivity contribution in [2.45, 2.75) is 13.5 Å². The highest BCUT2D eigenvalue weighted by atomic mass is 16.3. The average Bonchev–Trinajstić information content (AvgIpc) is 2.61. The second-order valence-corrected chi connectivity index (χ2v) is 3.06. The summed E-state index contributed by atoms with van der Waals surface area (Å²) in [6.07, 6.45) is 1.69. The van der Waals surface area contributed by atoms with Gasteiger partial charge in [-0.3, -0.25) is 0 Å². The van der Waals surface area contributed by atoms with Gasteiger partial charge in [0.25, 0.3) is 0 Å². The lowest BCUT2D eigenvalue weighted by Crippen LogP contribution is -1.94. The molecule has 0 aliphatic rings. The van der Waals surface area contributed by atoms with Crippen molar-refractivity contribution in [3.05, 3.63) is 36.5 Å². The molecule has 0 aliphatic heterocycles. The molecule has 2 rings (SSSR count). The van der Waals surface area contributed by atoms with Crippen LogP contribution in [0.1, 0.15) is 6.92 Å². The van der Waals surface area contributed by atoms with E-state index in [1.807, 2.05) is 37.3 Å². The van der Waals surface area contributed by atoms with E-state index in [2.05, 4.69) is 5.10 Å². The van der Waals surface area contributed by atoms with Crippen molar-refractivity contribution in [2.24, 2.45) is 0 Å². The van der Waals surface area contributed by atoms with Crippen LogP contribution in [0.15, 0.2) is 36.5 Å². The van der Waals surface area contributed by atoms with Gasteiger partial charge in [0.15, 0.2) is 0 Å². The normalized spacial score (nSPS) is 10.4. The van der Waals surface area contributed by atoms with Gasteiger partial charge in [-0.2, -0.15) is 5.10 Å². The maximum absolute atomic E-state index is 9.78. The summed E-state index contributed by atoms with van der Waals surface area (Å²) in [6.45, 7) is 2.63. The zero-order chi connectivity index (χ0) is 9.97. The Hall–Kier alpha value is -1.77. The first kappa shape index (κ1) is 8.81. The summed E-state index contributed by atoms with van der Waals surface area (Å²) >= 11 is 0. The molecular formula is C11H12N2O. The van der Waals surface area contributed by atoms with Crippen molar-refractivity contribution in [2.75, 3.05) is 0 Å². The second-order valence-electron chi connectivity index (χ2n) is 3.06. The van der Waals surface area contributed by atoms with Crippen molar-refractivity contribution in [1.29, 1.82) is 0 Å². The molecule has 0 saturated heterocycles. The summed E-state index contributed by atoms with van der Waals surface area (Å²) in [5.74, 6) is 0.235. The van der Waals surface area contributed by atoms with Crippen molar-refractivity contribution in [1.82, 2.24) is 9.78 Å². The highest BCUT2D eigenvalue weighted by Crippen LogP contribution is 2.28. The lowest BCUT2D eigenvalue weighted by atomic mass is 10.1. The topological polar surface area (TPSA) is 38.0 Å². The van der Waals surface area contributed by atoms with Crippen molar-refractivity contribution in [3.8, 4) is 17.0 Å². The summed E-state index contributed by atoms with van der Waals surface area (Å²) in [6, 6.07) is 9.74. The summed E-state index contributed by atoms with van der Waals surface area (Å²) in [5, 5.41) is 13.9. The largest absolute Gasteiger partial charge is 0.493 e. The van der Waals surface area contributed by atoms with E-state index < -0.39 is 0 Å². The maximum atomic E-state index is 9.78. The van der Waals surface area contributed by atoms with Gasteiger partial charge in [0.2, 0.25) is 5.88 Å². The Morgan fingerprint density at radius 1 is 1.29 bits per heavy atom. The minimum absolute atomic E-state index is 0.235. The molecular weight excluding hydrogens is 176 g/mol. The van der Waals surface area contributed by atoms with Gasteiger partial charge in [-0.05, 0) is 12.5 Å². The number of nitrogens with zero attached hydrogens (tertiary/aromatic N) is 2. The van der Waals surface area contributed by atoms with Crippen LogP contribution in [0.2, 0.25) is 0 Å².